The first-order valence-electron chi connectivity index (χ1n) is 13.5. The van der Waals surface area contributed by atoms with Crippen LogP contribution in [0.2, 0.25) is 5.02 Å². The third kappa shape index (κ3) is 4.33. The Morgan fingerprint density at radius 1 is 1.19 bits per heavy atom. The van der Waals surface area contributed by atoms with E-state index in [0.29, 0.717) is 53.2 Å². The summed E-state index contributed by atoms with van der Waals surface area (Å²) in [6.45, 7) is 5.31. The number of aryl methyl sites for hydroxylation is 1. The Labute approximate surface area is 245 Å². The highest BCUT2D eigenvalue weighted by atomic mass is 35.5. The van der Waals surface area contributed by atoms with Crippen molar-refractivity contribution in [2.24, 2.45) is 11.7 Å². The fourth-order valence-corrected chi connectivity index (χ4v) is 6.66. The Hall–Kier alpha value is -3.99. The van der Waals surface area contributed by atoms with Gasteiger partial charge in [0.15, 0.2) is 0 Å². The highest BCUT2D eigenvalue weighted by molar-refractivity contribution is 6.36. The van der Waals surface area contributed by atoms with Crippen LogP contribution in [0.25, 0.3) is 22.0 Å². The number of fused-ring (bicyclic) bond motifs is 4. The van der Waals surface area contributed by atoms with E-state index in [1.807, 2.05) is 6.07 Å². The molecule has 8 nitrogen and oxygen atoms in total. The minimum atomic E-state index is -1.63. The quantitative estimate of drug-likeness (QED) is 0.216. The topological polar surface area (TPSA) is 132 Å². The molecule has 42 heavy (non-hydrogen) atoms. The van der Waals surface area contributed by atoms with Crippen molar-refractivity contribution in [2.75, 3.05) is 10.2 Å². The molecule has 0 bridgehead atoms. The number of benzene rings is 3. The van der Waals surface area contributed by atoms with Crippen molar-refractivity contribution in [1.82, 2.24) is 4.98 Å². The SMILES string of the molecule is Cc1c(-c2c(Cl)cc(C(N)=O)c3[nH]c4c(c23)CC[C@H](C(C)(C)O)C4)cccc1N1C(=O)c2cc(F)cc(F)c2NC1O. The lowest BCUT2D eigenvalue weighted by molar-refractivity contribution is 0.0107. The van der Waals surface area contributed by atoms with Crippen LogP contribution in [-0.2, 0) is 12.8 Å². The zero-order valence-electron chi connectivity index (χ0n) is 23.1. The number of carbonyl (C=O) groups excluding carboxylic acids is 2. The molecule has 0 radical (unpaired) electrons. The largest absolute Gasteiger partial charge is 0.390 e. The molecule has 6 N–H and O–H groups in total. The first-order valence-corrected chi connectivity index (χ1v) is 13.9. The van der Waals surface area contributed by atoms with Crippen molar-refractivity contribution in [2.45, 2.75) is 52.0 Å². The van der Waals surface area contributed by atoms with E-state index in [-0.39, 0.29) is 27.8 Å². The maximum atomic E-state index is 14.4. The molecule has 2 heterocycles. The Bertz CT molecular complexity index is 1810. The normalized spacial score (nSPS) is 18.6. The molecule has 1 aliphatic heterocycles. The average molecular weight is 595 g/mol. The van der Waals surface area contributed by atoms with E-state index in [0.717, 1.165) is 27.6 Å². The number of carbonyl (C=O) groups is 2. The van der Waals surface area contributed by atoms with Crippen molar-refractivity contribution in [3.8, 4) is 11.1 Å². The summed E-state index contributed by atoms with van der Waals surface area (Å²) in [5.74, 6) is -3.35. The highest BCUT2D eigenvalue weighted by Gasteiger charge is 2.37. The van der Waals surface area contributed by atoms with Crippen LogP contribution in [0.5, 0.6) is 0 Å². The maximum Gasteiger partial charge on any atom is 0.264 e. The lowest BCUT2D eigenvalue weighted by atomic mass is 9.77. The van der Waals surface area contributed by atoms with E-state index in [9.17, 15) is 28.6 Å². The number of aromatic amines is 1. The molecule has 0 spiro atoms. The van der Waals surface area contributed by atoms with Gasteiger partial charge < -0.3 is 26.2 Å². The van der Waals surface area contributed by atoms with Crippen molar-refractivity contribution in [3.05, 3.63) is 81.0 Å². The summed E-state index contributed by atoms with van der Waals surface area (Å²) in [6, 6.07) is 8.18. The third-order valence-corrected chi connectivity index (χ3v) is 8.83. The van der Waals surface area contributed by atoms with Gasteiger partial charge in [0.25, 0.3) is 11.8 Å². The first kappa shape index (κ1) is 28.1. The van der Waals surface area contributed by atoms with Crippen molar-refractivity contribution in [1.29, 1.82) is 0 Å². The Morgan fingerprint density at radius 3 is 2.62 bits per heavy atom. The number of nitrogens with one attached hydrogen (secondary N) is 2. The summed E-state index contributed by atoms with van der Waals surface area (Å²) >= 11 is 6.87. The number of hydrogen-bond acceptors (Lipinski definition) is 5. The molecule has 218 valence electrons. The molecular formula is C31H29ClF2N4O4. The molecule has 0 saturated heterocycles. The van der Waals surface area contributed by atoms with Crippen LogP contribution in [-0.4, -0.2) is 39.0 Å². The zero-order chi connectivity index (χ0) is 30.2. The van der Waals surface area contributed by atoms with Crippen LogP contribution in [0.3, 0.4) is 0 Å². The van der Waals surface area contributed by atoms with E-state index in [2.05, 4.69) is 10.3 Å². The Kier molecular flexibility index (Phi) is 6.56. The molecule has 1 unspecified atom stereocenters. The van der Waals surface area contributed by atoms with Gasteiger partial charge in [-0.05, 0) is 80.8 Å². The second-order valence-corrected chi connectivity index (χ2v) is 11.9. The number of halogens is 3. The number of H-pyrrole nitrogens is 1. The number of amides is 2. The zero-order valence-corrected chi connectivity index (χ0v) is 23.9. The van der Waals surface area contributed by atoms with E-state index >= 15 is 0 Å². The lowest BCUT2D eigenvalue weighted by Crippen LogP contribution is -2.49. The molecule has 0 saturated carbocycles. The first-order chi connectivity index (χ1) is 19.8. The van der Waals surface area contributed by atoms with Gasteiger partial charge in [-0.2, -0.15) is 0 Å². The maximum absolute atomic E-state index is 14.4. The third-order valence-electron chi connectivity index (χ3n) is 8.54. The molecule has 6 rings (SSSR count). The molecule has 1 aromatic heterocycles. The fraction of sp³-hybridized carbons (Fsp3) is 0.290. The minimum absolute atomic E-state index is 0.00395. The molecule has 2 amide bonds. The molecule has 1 aliphatic carbocycles. The Morgan fingerprint density at radius 2 is 1.93 bits per heavy atom. The monoisotopic (exact) mass is 594 g/mol. The van der Waals surface area contributed by atoms with E-state index in [1.165, 1.54) is 6.07 Å². The molecule has 3 aromatic carbocycles. The summed E-state index contributed by atoms with van der Waals surface area (Å²) in [5.41, 5.74) is 9.01. The van der Waals surface area contributed by atoms with Crippen LogP contribution in [0.15, 0.2) is 36.4 Å². The van der Waals surface area contributed by atoms with Crippen LogP contribution >= 0.6 is 11.6 Å². The second-order valence-electron chi connectivity index (χ2n) is 11.5. The molecule has 4 aromatic rings. The minimum Gasteiger partial charge on any atom is -0.390 e. The number of nitrogens with zero attached hydrogens (tertiary/aromatic N) is 1. The van der Waals surface area contributed by atoms with Gasteiger partial charge in [-0.25, -0.2) is 8.78 Å². The number of aliphatic hydroxyl groups is 2. The molecular weight excluding hydrogens is 566 g/mol. The van der Waals surface area contributed by atoms with Gasteiger partial charge in [0.05, 0.1) is 33.6 Å². The van der Waals surface area contributed by atoms with Crippen LogP contribution in [0, 0.1) is 24.5 Å². The number of primary amides is 1. The molecule has 11 heteroatoms. The average Bonchev–Trinajstić information content (AvgIpc) is 3.28. The van der Waals surface area contributed by atoms with E-state index < -0.39 is 35.4 Å². The number of anilines is 2. The van der Waals surface area contributed by atoms with Gasteiger partial charge in [0.2, 0.25) is 6.35 Å². The van der Waals surface area contributed by atoms with Crippen molar-refractivity contribution in [3.63, 3.8) is 0 Å². The highest BCUT2D eigenvalue weighted by Crippen LogP contribution is 2.46. The van der Waals surface area contributed by atoms with Gasteiger partial charge in [-0.15, -0.1) is 0 Å². The van der Waals surface area contributed by atoms with Gasteiger partial charge in [-0.1, -0.05) is 23.7 Å². The summed E-state index contributed by atoms with van der Waals surface area (Å²) < 4.78 is 28.4. The molecule has 0 fully saturated rings. The lowest BCUT2D eigenvalue weighted by Gasteiger charge is -2.35. The number of rotatable bonds is 4. The van der Waals surface area contributed by atoms with Gasteiger partial charge in [-0.3, -0.25) is 14.5 Å². The van der Waals surface area contributed by atoms with Crippen LogP contribution in [0.4, 0.5) is 20.2 Å². The molecule has 2 aliphatic rings. The summed E-state index contributed by atoms with van der Waals surface area (Å²) in [5, 5.41) is 25.1. The molecule has 2 atom stereocenters. The number of nitrogens with two attached hydrogens (primary N) is 1. The summed E-state index contributed by atoms with van der Waals surface area (Å²) in [6.07, 6.45) is 0.266. The predicted molar refractivity (Wildman–Crippen MR) is 157 cm³/mol. The summed E-state index contributed by atoms with van der Waals surface area (Å²) in [7, 11) is 0. The number of hydrogen-bond donors (Lipinski definition) is 5. The summed E-state index contributed by atoms with van der Waals surface area (Å²) in [4.78, 5) is 30.4. The van der Waals surface area contributed by atoms with Crippen molar-refractivity contribution >= 4 is 45.7 Å². The predicted octanol–water partition coefficient (Wildman–Crippen LogP) is 5.40. The van der Waals surface area contributed by atoms with Crippen LogP contribution in [0.1, 0.15) is 57.8 Å². The standard InChI is InChI=1S/C31H29ClF2N4O4/c1-13-16(5-4-6-23(13)38-29(40)19-10-15(33)11-21(34)26(19)37-30(38)41)24-20(32)12-18(28(35)39)27-25(24)17-8-7-14(31(2,3)42)9-22(17)36-27/h4-6,10-12,14,30,36-37,41-42H,7-9H2,1-3H3,(H2,35,39)/t14-,30?/m0/s1. The van der Waals surface area contributed by atoms with E-state index in [1.54, 1.807) is 32.9 Å². The van der Waals surface area contributed by atoms with Crippen LogP contribution < -0.4 is 16.0 Å². The second kappa shape index (κ2) is 9.79. The number of aromatic nitrogens is 1. The smallest absolute Gasteiger partial charge is 0.264 e. The van der Waals surface area contributed by atoms with E-state index in [4.69, 9.17) is 17.3 Å². The van der Waals surface area contributed by atoms with Crippen molar-refractivity contribution < 1.29 is 28.6 Å². The fourth-order valence-electron chi connectivity index (χ4n) is 6.36. The Balaban J connectivity index is 1.54. The van der Waals surface area contributed by atoms with Gasteiger partial charge in [0, 0.05) is 27.7 Å². The van der Waals surface area contributed by atoms with Gasteiger partial charge >= 0.3 is 0 Å². The van der Waals surface area contributed by atoms with Gasteiger partial charge in [0.1, 0.15) is 11.6 Å². The number of aliphatic hydroxyl groups excluding tert-OH is 1.